The van der Waals surface area contributed by atoms with Crippen LogP contribution in [0.25, 0.3) is 5.57 Å². The van der Waals surface area contributed by atoms with Gasteiger partial charge in [-0.1, -0.05) is 42.0 Å². The molecule has 1 aromatic rings. The predicted molar refractivity (Wildman–Crippen MR) is 72.3 cm³/mol. The van der Waals surface area contributed by atoms with E-state index in [0.717, 1.165) is 12.0 Å². The molecule has 1 aromatic carbocycles. The van der Waals surface area contributed by atoms with E-state index < -0.39 is 0 Å². The van der Waals surface area contributed by atoms with Crippen LogP contribution in [0.3, 0.4) is 0 Å². The van der Waals surface area contributed by atoms with Crippen molar-refractivity contribution in [2.75, 3.05) is 0 Å². The van der Waals surface area contributed by atoms with Crippen molar-refractivity contribution in [3.8, 4) is 0 Å². The Kier molecular flexibility index (Phi) is 2.11. The molecule has 1 heteroatoms. The third kappa shape index (κ3) is 1.25. The highest BCUT2D eigenvalue weighted by molar-refractivity contribution is 6.14. The summed E-state index contributed by atoms with van der Waals surface area (Å²) in [4.78, 5) is 12.5. The van der Waals surface area contributed by atoms with Gasteiger partial charge < -0.3 is 0 Å². The number of hydrogen-bond acceptors (Lipinski definition) is 1. The summed E-state index contributed by atoms with van der Waals surface area (Å²) in [6, 6.07) is 8.17. The number of ketones is 1. The molecule has 1 nitrogen and oxygen atoms in total. The molecule has 2 atom stereocenters. The highest BCUT2D eigenvalue weighted by atomic mass is 16.1. The fraction of sp³-hybridized carbons (Fsp3) is 0.353. The van der Waals surface area contributed by atoms with Crippen molar-refractivity contribution < 1.29 is 4.79 Å². The maximum atomic E-state index is 12.5. The van der Waals surface area contributed by atoms with Crippen LogP contribution in [0.2, 0.25) is 0 Å². The van der Waals surface area contributed by atoms with Crippen LogP contribution >= 0.6 is 0 Å². The molecule has 0 bridgehead atoms. The van der Waals surface area contributed by atoms with Gasteiger partial charge in [-0.15, -0.1) is 0 Å². The summed E-state index contributed by atoms with van der Waals surface area (Å²) >= 11 is 0. The number of fused-ring (bicyclic) bond motifs is 4. The third-order valence-corrected chi connectivity index (χ3v) is 4.64. The molecule has 3 aliphatic rings. The van der Waals surface area contributed by atoms with Crippen LogP contribution < -0.4 is 0 Å². The van der Waals surface area contributed by atoms with Crippen molar-refractivity contribution in [2.45, 2.75) is 25.7 Å². The van der Waals surface area contributed by atoms with E-state index in [1.807, 2.05) is 12.1 Å². The Balaban J connectivity index is 2.00. The molecule has 0 saturated heterocycles. The molecular formula is C17H16O. The van der Waals surface area contributed by atoms with Gasteiger partial charge >= 0.3 is 0 Å². The highest BCUT2D eigenvalue weighted by Crippen LogP contribution is 2.48. The lowest BCUT2D eigenvalue weighted by Crippen LogP contribution is -2.07. The van der Waals surface area contributed by atoms with Gasteiger partial charge in [0.1, 0.15) is 0 Å². The normalized spacial score (nSPS) is 29.0. The fourth-order valence-corrected chi connectivity index (χ4v) is 3.86. The van der Waals surface area contributed by atoms with Crippen molar-refractivity contribution in [2.24, 2.45) is 11.8 Å². The molecule has 4 rings (SSSR count). The van der Waals surface area contributed by atoms with Crippen molar-refractivity contribution in [3.63, 3.8) is 0 Å². The van der Waals surface area contributed by atoms with Gasteiger partial charge in [-0.3, -0.25) is 4.79 Å². The lowest BCUT2D eigenvalue weighted by molar-refractivity contribution is 0.0959. The first-order valence-corrected chi connectivity index (χ1v) is 6.89. The van der Waals surface area contributed by atoms with Gasteiger partial charge in [0.25, 0.3) is 0 Å². The maximum Gasteiger partial charge on any atom is 0.171 e. The summed E-state index contributed by atoms with van der Waals surface area (Å²) in [5.41, 5.74) is 5.10. The summed E-state index contributed by atoms with van der Waals surface area (Å²) in [5, 5.41) is 0. The molecule has 1 saturated carbocycles. The SMILES string of the molecule is O=C1c2ccccc2C2=C3CCCC3C=CCC12. The van der Waals surface area contributed by atoms with Crippen molar-refractivity contribution in [3.05, 3.63) is 53.1 Å². The number of benzene rings is 1. The second-order valence-corrected chi connectivity index (χ2v) is 5.56. The first-order chi connectivity index (χ1) is 8.86. The van der Waals surface area contributed by atoms with Gasteiger partial charge in [0.15, 0.2) is 5.78 Å². The van der Waals surface area contributed by atoms with E-state index >= 15 is 0 Å². The first-order valence-electron chi connectivity index (χ1n) is 6.89. The lowest BCUT2D eigenvalue weighted by atomic mass is 9.90. The van der Waals surface area contributed by atoms with Crippen LogP contribution in [-0.4, -0.2) is 5.78 Å². The number of allylic oxidation sites excluding steroid dienone is 4. The number of Topliss-reactive ketones (excluding diaryl/α,β-unsaturated/α-hetero) is 1. The molecule has 3 aliphatic carbocycles. The molecular weight excluding hydrogens is 220 g/mol. The van der Waals surface area contributed by atoms with Crippen LogP contribution in [0, 0.1) is 11.8 Å². The second kappa shape index (κ2) is 3.68. The molecule has 0 amide bonds. The van der Waals surface area contributed by atoms with Gasteiger partial charge in [-0.05, 0) is 42.7 Å². The predicted octanol–water partition coefficient (Wildman–Crippen LogP) is 4.01. The Labute approximate surface area is 107 Å². The first kappa shape index (κ1) is 10.3. The maximum absolute atomic E-state index is 12.5. The van der Waals surface area contributed by atoms with Crippen LogP contribution in [-0.2, 0) is 0 Å². The molecule has 0 aliphatic heterocycles. The Hall–Kier alpha value is -1.63. The zero-order valence-electron chi connectivity index (χ0n) is 10.4. The Bertz CT molecular complexity index is 591. The minimum Gasteiger partial charge on any atom is -0.293 e. The number of rotatable bonds is 0. The van der Waals surface area contributed by atoms with E-state index in [0.29, 0.717) is 11.7 Å². The van der Waals surface area contributed by atoms with Gasteiger partial charge in [0.05, 0.1) is 5.92 Å². The minimum atomic E-state index is 0.108. The number of carbonyl (C=O) groups is 1. The number of carbonyl (C=O) groups excluding carboxylic acids is 1. The summed E-state index contributed by atoms with van der Waals surface area (Å²) in [5.74, 6) is 1.05. The van der Waals surface area contributed by atoms with Crippen molar-refractivity contribution in [1.82, 2.24) is 0 Å². The van der Waals surface area contributed by atoms with Crippen LogP contribution in [0.5, 0.6) is 0 Å². The molecule has 90 valence electrons. The van der Waals surface area contributed by atoms with Gasteiger partial charge in [0, 0.05) is 5.56 Å². The molecule has 0 heterocycles. The second-order valence-electron chi connectivity index (χ2n) is 5.56. The average molecular weight is 236 g/mol. The topological polar surface area (TPSA) is 17.1 Å². The molecule has 0 radical (unpaired) electrons. The Morgan fingerprint density at radius 2 is 1.94 bits per heavy atom. The van der Waals surface area contributed by atoms with E-state index in [4.69, 9.17) is 0 Å². The lowest BCUT2D eigenvalue weighted by Gasteiger charge is -2.13. The zero-order valence-corrected chi connectivity index (χ0v) is 10.4. The summed E-state index contributed by atoms with van der Waals surface area (Å²) in [6.07, 6.45) is 9.18. The Morgan fingerprint density at radius 1 is 1.11 bits per heavy atom. The minimum absolute atomic E-state index is 0.108. The molecule has 0 aromatic heterocycles. The zero-order chi connectivity index (χ0) is 12.1. The van der Waals surface area contributed by atoms with E-state index in [1.165, 1.54) is 30.4 Å². The molecule has 0 N–H and O–H groups in total. The van der Waals surface area contributed by atoms with E-state index in [2.05, 4.69) is 24.3 Å². The van der Waals surface area contributed by atoms with Gasteiger partial charge in [0.2, 0.25) is 0 Å². The van der Waals surface area contributed by atoms with E-state index in [-0.39, 0.29) is 5.92 Å². The molecule has 1 fully saturated rings. The quantitative estimate of drug-likeness (QED) is 0.622. The van der Waals surface area contributed by atoms with Crippen LogP contribution in [0.1, 0.15) is 41.6 Å². The smallest absolute Gasteiger partial charge is 0.171 e. The molecule has 0 spiro atoms. The largest absolute Gasteiger partial charge is 0.293 e. The third-order valence-electron chi connectivity index (χ3n) is 4.64. The Morgan fingerprint density at radius 3 is 2.83 bits per heavy atom. The van der Waals surface area contributed by atoms with Crippen LogP contribution in [0.4, 0.5) is 0 Å². The van der Waals surface area contributed by atoms with Crippen molar-refractivity contribution >= 4 is 11.4 Å². The molecule has 2 unspecified atom stereocenters. The summed E-state index contributed by atoms with van der Waals surface area (Å²) < 4.78 is 0. The van der Waals surface area contributed by atoms with Gasteiger partial charge in [-0.2, -0.15) is 0 Å². The summed E-state index contributed by atoms with van der Waals surface area (Å²) in [7, 11) is 0. The van der Waals surface area contributed by atoms with Gasteiger partial charge in [-0.25, -0.2) is 0 Å². The summed E-state index contributed by atoms with van der Waals surface area (Å²) in [6.45, 7) is 0. The monoisotopic (exact) mass is 236 g/mol. The van der Waals surface area contributed by atoms with Crippen molar-refractivity contribution in [1.29, 1.82) is 0 Å². The van der Waals surface area contributed by atoms with Crippen LogP contribution in [0.15, 0.2) is 42.0 Å². The van der Waals surface area contributed by atoms with E-state index in [9.17, 15) is 4.79 Å². The fourth-order valence-electron chi connectivity index (χ4n) is 3.86. The van der Waals surface area contributed by atoms with E-state index in [1.54, 1.807) is 5.57 Å². The number of hydrogen-bond donors (Lipinski definition) is 0. The molecule has 18 heavy (non-hydrogen) atoms. The average Bonchev–Trinajstić information content (AvgIpc) is 2.90. The highest BCUT2D eigenvalue weighted by Gasteiger charge is 2.39. The standard InChI is InChI=1S/C17H16O/c18-17-14-8-2-1-7-13(14)16-12-9-3-5-11(12)6-4-10-15(16)17/h1-2,4,6-8,11,15H,3,5,9-10H2.